The Labute approximate surface area is 277 Å². The number of nitrogens with one attached hydrogen (secondary N) is 3. The molecule has 0 bridgehead atoms. The number of piperidine rings is 1. The lowest BCUT2D eigenvalue weighted by Crippen LogP contribution is -2.58. The topological polar surface area (TPSA) is 129 Å². The predicted molar refractivity (Wildman–Crippen MR) is 185 cm³/mol. The van der Waals surface area contributed by atoms with Crippen molar-refractivity contribution in [1.29, 1.82) is 0 Å². The van der Waals surface area contributed by atoms with E-state index in [0.717, 1.165) is 24.2 Å². The third-order valence-corrected chi connectivity index (χ3v) is 9.39. The number of likely N-dealkylation sites (tertiary alicyclic amines) is 1. The van der Waals surface area contributed by atoms with Crippen LogP contribution >= 0.6 is 0 Å². The highest BCUT2D eigenvalue weighted by atomic mass is 16.5. The number of carbonyl (C=O) groups excluding carboxylic acids is 3. The van der Waals surface area contributed by atoms with Crippen molar-refractivity contribution in [3.8, 4) is 5.75 Å². The number of ether oxygens (including phenoxy) is 1. The molecule has 0 radical (unpaired) electrons. The fourth-order valence-electron chi connectivity index (χ4n) is 6.48. The van der Waals surface area contributed by atoms with Crippen LogP contribution in [-0.4, -0.2) is 84.4 Å². The molecule has 3 heterocycles. The van der Waals surface area contributed by atoms with Gasteiger partial charge in [0.25, 0.3) is 0 Å². The number of likely N-dealkylation sites (N-methyl/N-ethyl adjacent to an activating group) is 1. The van der Waals surface area contributed by atoms with Crippen molar-refractivity contribution in [2.24, 2.45) is 5.41 Å². The smallest absolute Gasteiger partial charge is 0.246 e. The summed E-state index contributed by atoms with van der Waals surface area (Å²) in [5, 5.41) is 10.1. The Hall–Kier alpha value is -4.25. The highest BCUT2D eigenvalue weighted by molar-refractivity contribution is 5.97. The van der Waals surface area contributed by atoms with Crippen molar-refractivity contribution in [2.45, 2.75) is 84.3 Å². The number of amides is 2. The molecule has 2 aromatic carbocycles. The second-order valence-corrected chi connectivity index (χ2v) is 13.8. The molecule has 0 saturated carbocycles. The number of fused-ring (bicyclic) bond motifs is 1. The van der Waals surface area contributed by atoms with E-state index in [9.17, 15) is 14.4 Å². The van der Waals surface area contributed by atoms with Crippen molar-refractivity contribution in [3.05, 3.63) is 48.3 Å². The number of carbonyl (C=O) groups is 3. The van der Waals surface area contributed by atoms with Gasteiger partial charge in [-0.1, -0.05) is 20.8 Å². The van der Waals surface area contributed by atoms with Gasteiger partial charge in [-0.2, -0.15) is 0 Å². The maximum atomic E-state index is 13.9. The molecule has 2 aliphatic rings. The zero-order valence-corrected chi connectivity index (χ0v) is 28.6. The van der Waals surface area contributed by atoms with Gasteiger partial charge in [0.05, 0.1) is 24.7 Å². The molecule has 1 aromatic heterocycles. The number of aromatic nitrogens is 2. The molecule has 3 atom stereocenters. The van der Waals surface area contributed by atoms with Gasteiger partial charge in [0.1, 0.15) is 23.9 Å². The molecule has 47 heavy (non-hydrogen) atoms. The van der Waals surface area contributed by atoms with Gasteiger partial charge in [-0.25, -0.2) is 9.97 Å². The van der Waals surface area contributed by atoms with Crippen molar-refractivity contribution in [3.63, 3.8) is 0 Å². The quantitative estimate of drug-likeness (QED) is 0.274. The molecular weight excluding hydrogens is 594 g/mol. The summed E-state index contributed by atoms with van der Waals surface area (Å²) < 4.78 is 5.71. The van der Waals surface area contributed by atoms with Crippen LogP contribution in [-0.2, 0) is 20.8 Å². The molecule has 0 aliphatic carbocycles. The summed E-state index contributed by atoms with van der Waals surface area (Å²) in [5.41, 5.74) is 2.97. The Morgan fingerprint density at radius 1 is 1.00 bits per heavy atom. The molecule has 2 fully saturated rings. The van der Waals surface area contributed by atoms with E-state index in [2.05, 4.69) is 55.1 Å². The molecule has 11 heteroatoms. The summed E-state index contributed by atoms with van der Waals surface area (Å²) in [4.78, 5) is 53.7. The Kier molecular flexibility index (Phi) is 10.6. The van der Waals surface area contributed by atoms with E-state index in [1.54, 1.807) is 26.0 Å². The molecule has 0 unspecified atom stereocenters. The largest absolute Gasteiger partial charge is 0.496 e. The second-order valence-electron chi connectivity index (χ2n) is 13.8. The van der Waals surface area contributed by atoms with Crippen LogP contribution in [0.25, 0.3) is 10.9 Å². The minimum Gasteiger partial charge on any atom is -0.496 e. The van der Waals surface area contributed by atoms with E-state index >= 15 is 0 Å². The number of methoxy groups -OCH3 is 1. The third kappa shape index (κ3) is 7.84. The number of benzene rings is 2. The van der Waals surface area contributed by atoms with E-state index in [1.807, 2.05) is 32.9 Å². The molecule has 3 N–H and O–H groups in total. The molecule has 2 saturated heterocycles. The summed E-state index contributed by atoms with van der Waals surface area (Å²) >= 11 is 0. The Bertz CT molecular complexity index is 1580. The van der Waals surface area contributed by atoms with E-state index < -0.39 is 23.5 Å². The van der Waals surface area contributed by atoms with Gasteiger partial charge >= 0.3 is 0 Å². The first-order valence-corrected chi connectivity index (χ1v) is 16.7. The van der Waals surface area contributed by atoms with Crippen LogP contribution in [0.5, 0.6) is 5.75 Å². The molecule has 5 rings (SSSR count). The summed E-state index contributed by atoms with van der Waals surface area (Å²) in [5.74, 6) is 0.623. The lowest BCUT2D eigenvalue weighted by atomic mass is 9.85. The molecule has 11 nitrogen and oxygen atoms in total. The normalized spacial score (nSPS) is 18.1. The van der Waals surface area contributed by atoms with Crippen molar-refractivity contribution in [2.75, 3.05) is 44.0 Å². The van der Waals surface area contributed by atoms with Gasteiger partial charge in [-0.05, 0) is 81.8 Å². The number of anilines is 3. The van der Waals surface area contributed by atoms with Gasteiger partial charge in [-0.3, -0.25) is 14.4 Å². The number of Topliss-reactive ketones (excluding diaryl/α,β-unsaturated/α-hetero) is 1. The Morgan fingerprint density at radius 3 is 2.38 bits per heavy atom. The zero-order valence-electron chi connectivity index (χ0n) is 28.6. The highest BCUT2D eigenvalue weighted by Gasteiger charge is 2.42. The first-order chi connectivity index (χ1) is 22.5. The summed E-state index contributed by atoms with van der Waals surface area (Å²) in [7, 11) is 3.28. The molecule has 0 spiro atoms. The van der Waals surface area contributed by atoms with E-state index in [4.69, 9.17) is 4.74 Å². The van der Waals surface area contributed by atoms with Crippen molar-refractivity contribution in [1.82, 2.24) is 25.5 Å². The average Bonchev–Trinajstić information content (AvgIpc) is 3.57. The number of hydrogen-bond acceptors (Lipinski definition) is 9. The molecule has 2 aliphatic heterocycles. The average molecular weight is 644 g/mol. The summed E-state index contributed by atoms with van der Waals surface area (Å²) in [6.45, 7) is 10.1. The van der Waals surface area contributed by atoms with E-state index in [1.165, 1.54) is 31.3 Å². The minimum atomic E-state index is -0.769. The van der Waals surface area contributed by atoms with E-state index in [-0.39, 0.29) is 24.0 Å². The standard InChI is InChI=1S/C36H49N7O4/c1-23(37-5)34(45)41-32(36(2,3)4)35(46)43-18-10-11-29(43)30(44)20-24-19-27-28(21-31(24)47-6)38-22-39-33(27)40-25-12-14-26(15-13-25)42-16-8-7-9-17-42/h12-15,19,21-23,29,32,37H,7-11,16-18,20H2,1-6H3,(H,41,45)(H,38,39,40)/t23-,29-,32+/m0/s1. The fraction of sp³-hybridized carbons (Fsp3) is 0.528. The van der Waals surface area contributed by atoms with Crippen LogP contribution in [0.3, 0.4) is 0 Å². The lowest BCUT2D eigenvalue weighted by Gasteiger charge is -2.36. The summed E-state index contributed by atoms with van der Waals surface area (Å²) in [6, 6.07) is 10.3. The SMILES string of the molecule is CN[C@@H](C)C(=O)N[C@H](C(=O)N1CCC[C@H]1C(=O)Cc1cc2c(Nc3ccc(N4CCCCC4)cc3)ncnc2cc1OC)C(C)(C)C. The van der Waals surface area contributed by atoms with Gasteiger partial charge in [0, 0.05) is 54.4 Å². The molecule has 252 valence electrons. The first-order valence-electron chi connectivity index (χ1n) is 16.7. The van der Waals surface area contributed by atoms with Gasteiger partial charge in [0.2, 0.25) is 11.8 Å². The first kappa shape index (κ1) is 34.1. The predicted octanol–water partition coefficient (Wildman–Crippen LogP) is 4.61. The Morgan fingerprint density at radius 2 is 1.72 bits per heavy atom. The van der Waals surface area contributed by atoms with Crippen LogP contribution in [0.2, 0.25) is 0 Å². The fourth-order valence-corrected chi connectivity index (χ4v) is 6.48. The van der Waals surface area contributed by atoms with Gasteiger partial charge < -0.3 is 30.5 Å². The van der Waals surface area contributed by atoms with E-state index in [0.29, 0.717) is 42.0 Å². The van der Waals surface area contributed by atoms with Crippen LogP contribution in [0.4, 0.5) is 17.2 Å². The molecule has 3 aromatic rings. The molecule has 2 amide bonds. The highest BCUT2D eigenvalue weighted by Crippen LogP contribution is 2.33. The van der Waals surface area contributed by atoms with Crippen LogP contribution in [0.15, 0.2) is 42.7 Å². The van der Waals surface area contributed by atoms with Crippen LogP contribution in [0, 0.1) is 5.41 Å². The number of hydrogen-bond donors (Lipinski definition) is 3. The number of rotatable bonds is 11. The third-order valence-electron chi connectivity index (χ3n) is 9.39. The Balaban J connectivity index is 1.36. The second kappa shape index (κ2) is 14.7. The minimum absolute atomic E-state index is 0.0734. The summed E-state index contributed by atoms with van der Waals surface area (Å²) in [6.07, 6.45) is 6.62. The maximum absolute atomic E-state index is 13.9. The van der Waals surface area contributed by atoms with Crippen molar-refractivity contribution >= 4 is 45.7 Å². The van der Waals surface area contributed by atoms with Gasteiger partial charge in [0.15, 0.2) is 5.78 Å². The van der Waals surface area contributed by atoms with Crippen molar-refractivity contribution < 1.29 is 19.1 Å². The maximum Gasteiger partial charge on any atom is 0.246 e. The monoisotopic (exact) mass is 643 g/mol. The van der Waals surface area contributed by atoms with Crippen LogP contribution < -0.4 is 25.6 Å². The number of nitrogens with zero attached hydrogens (tertiary/aromatic N) is 4. The van der Waals surface area contributed by atoms with Gasteiger partial charge in [-0.15, -0.1) is 0 Å². The molecular formula is C36H49N7O4. The number of ketones is 1. The lowest BCUT2D eigenvalue weighted by molar-refractivity contribution is -0.143. The zero-order chi connectivity index (χ0) is 33.7. The van der Waals surface area contributed by atoms with Crippen LogP contribution in [0.1, 0.15) is 65.4 Å².